The Morgan fingerprint density at radius 1 is 1.40 bits per heavy atom. The number of benzene rings is 1. The first-order chi connectivity index (χ1) is 7.17. The Balaban J connectivity index is 2.78. The third kappa shape index (κ3) is 3.25. The maximum Gasteiger partial charge on any atom is 0.412 e. The van der Waals surface area contributed by atoms with Gasteiger partial charge in [0.2, 0.25) is 0 Å². The first kappa shape index (κ1) is 11.5. The standard InChI is InChI=1S/C11H16N2O2/c1-8(12-2)9-5-4-6-10(7-9)15-11(14)13-3/h4-8,12H,1-3H3,(H,13,14). The maximum absolute atomic E-state index is 11.0. The molecule has 15 heavy (non-hydrogen) atoms. The van der Waals surface area contributed by atoms with E-state index in [1.165, 1.54) is 7.05 Å². The summed E-state index contributed by atoms with van der Waals surface area (Å²) in [4.78, 5) is 11.0. The van der Waals surface area contributed by atoms with Gasteiger partial charge in [-0.2, -0.15) is 0 Å². The zero-order chi connectivity index (χ0) is 11.3. The molecule has 82 valence electrons. The van der Waals surface area contributed by atoms with Crippen molar-refractivity contribution in [1.29, 1.82) is 0 Å². The molecular weight excluding hydrogens is 192 g/mol. The fourth-order valence-corrected chi connectivity index (χ4v) is 1.17. The molecule has 0 fully saturated rings. The van der Waals surface area contributed by atoms with E-state index in [4.69, 9.17) is 4.74 Å². The molecule has 0 radical (unpaired) electrons. The van der Waals surface area contributed by atoms with E-state index in [0.717, 1.165) is 5.56 Å². The lowest BCUT2D eigenvalue weighted by Crippen LogP contribution is -2.22. The van der Waals surface area contributed by atoms with Crippen molar-refractivity contribution in [2.24, 2.45) is 0 Å². The minimum atomic E-state index is -0.454. The number of ether oxygens (including phenoxy) is 1. The van der Waals surface area contributed by atoms with Crippen LogP contribution in [0.25, 0.3) is 0 Å². The third-order valence-electron chi connectivity index (χ3n) is 2.21. The van der Waals surface area contributed by atoms with Gasteiger partial charge in [0, 0.05) is 13.1 Å². The SMILES string of the molecule is CNC(=O)Oc1cccc(C(C)NC)c1. The lowest BCUT2D eigenvalue weighted by atomic mass is 10.1. The molecule has 1 rings (SSSR count). The van der Waals surface area contributed by atoms with Gasteiger partial charge >= 0.3 is 6.09 Å². The molecule has 0 aliphatic rings. The van der Waals surface area contributed by atoms with Crippen molar-refractivity contribution in [3.63, 3.8) is 0 Å². The van der Waals surface area contributed by atoms with Gasteiger partial charge in [0.1, 0.15) is 5.75 Å². The predicted octanol–water partition coefficient (Wildman–Crippen LogP) is 1.69. The van der Waals surface area contributed by atoms with Gasteiger partial charge in [-0.25, -0.2) is 4.79 Å². The summed E-state index contributed by atoms with van der Waals surface area (Å²) in [6.45, 7) is 2.04. The Labute approximate surface area is 89.6 Å². The zero-order valence-electron chi connectivity index (χ0n) is 9.20. The molecule has 0 heterocycles. The summed E-state index contributed by atoms with van der Waals surface area (Å²) >= 11 is 0. The number of hydrogen-bond acceptors (Lipinski definition) is 3. The van der Waals surface area contributed by atoms with Crippen molar-refractivity contribution < 1.29 is 9.53 Å². The van der Waals surface area contributed by atoms with Crippen LogP contribution >= 0.6 is 0 Å². The van der Waals surface area contributed by atoms with E-state index in [1.807, 2.05) is 32.2 Å². The van der Waals surface area contributed by atoms with Gasteiger partial charge in [0.05, 0.1) is 0 Å². The molecule has 0 aliphatic heterocycles. The lowest BCUT2D eigenvalue weighted by Gasteiger charge is -2.11. The molecule has 0 bridgehead atoms. The molecule has 0 aliphatic carbocycles. The van der Waals surface area contributed by atoms with Crippen LogP contribution in [0.5, 0.6) is 5.75 Å². The topological polar surface area (TPSA) is 50.4 Å². The summed E-state index contributed by atoms with van der Waals surface area (Å²) in [5.41, 5.74) is 1.08. The molecule has 0 spiro atoms. The molecule has 1 amide bonds. The van der Waals surface area contributed by atoms with Gasteiger partial charge in [-0.3, -0.25) is 0 Å². The van der Waals surface area contributed by atoms with Crippen molar-refractivity contribution in [3.05, 3.63) is 29.8 Å². The average Bonchev–Trinajstić information content (AvgIpc) is 2.28. The monoisotopic (exact) mass is 208 g/mol. The molecule has 2 N–H and O–H groups in total. The van der Waals surface area contributed by atoms with E-state index >= 15 is 0 Å². The minimum absolute atomic E-state index is 0.234. The van der Waals surface area contributed by atoms with E-state index in [9.17, 15) is 4.79 Å². The molecule has 1 atom stereocenters. The van der Waals surface area contributed by atoms with Crippen LogP contribution in [0.1, 0.15) is 18.5 Å². The summed E-state index contributed by atoms with van der Waals surface area (Å²) in [6.07, 6.45) is -0.454. The predicted molar refractivity (Wildman–Crippen MR) is 59.0 cm³/mol. The molecule has 4 nitrogen and oxygen atoms in total. The molecule has 0 aromatic heterocycles. The van der Waals surface area contributed by atoms with Crippen LogP contribution in [0.2, 0.25) is 0 Å². The summed E-state index contributed by atoms with van der Waals surface area (Å²) < 4.78 is 5.02. The van der Waals surface area contributed by atoms with Gasteiger partial charge in [-0.15, -0.1) is 0 Å². The van der Waals surface area contributed by atoms with Gasteiger partial charge < -0.3 is 15.4 Å². The molecule has 4 heteroatoms. The second kappa shape index (κ2) is 5.36. The van der Waals surface area contributed by atoms with Gasteiger partial charge in [0.25, 0.3) is 0 Å². The number of nitrogens with one attached hydrogen (secondary N) is 2. The van der Waals surface area contributed by atoms with E-state index in [-0.39, 0.29) is 6.04 Å². The van der Waals surface area contributed by atoms with Crippen LogP contribution in [0, 0.1) is 0 Å². The number of hydrogen-bond donors (Lipinski definition) is 2. The van der Waals surface area contributed by atoms with Gasteiger partial charge in [-0.1, -0.05) is 12.1 Å². The molecule has 0 saturated carbocycles. The van der Waals surface area contributed by atoms with Crippen LogP contribution in [-0.2, 0) is 0 Å². The molecule has 0 saturated heterocycles. The third-order valence-corrected chi connectivity index (χ3v) is 2.21. The van der Waals surface area contributed by atoms with E-state index in [0.29, 0.717) is 5.75 Å². The van der Waals surface area contributed by atoms with Crippen LogP contribution in [0.15, 0.2) is 24.3 Å². The largest absolute Gasteiger partial charge is 0.412 e. The van der Waals surface area contributed by atoms with Crippen LogP contribution in [0.4, 0.5) is 4.79 Å². The molecular formula is C11H16N2O2. The average molecular weight is 208 g/mol. The summed E-state index contributed by atoms with van der Waals surface area (Å²) in [6, 6.07) is 7.68. The first-order valence-electron chi connectivity index (χ1n) is 4.84. The number of amides is 1. The Hall–Kier alpha value is -1.55. The Bertz CT molecular complexity index is 339. The molecule has 1 aromatic carbocycles. The van der Waals surface area contributed by atoms with E-state index < -0.39 is 6.09 Å². The number of carbonyl (C=O) groups is 1. The number of carbonyl (C=O) groups excluding carboxylic acids is 1. The highest BCUT2D eigenvalue weighted by Gasteiger charge is 2.05. The number of rotatable bonds is 3. The second-order valence-corrected chi connectivity index (χ2v) is 3.22. The van der Waals surface area contributed by atoms with E-state index in [2.05, 4.69) is 10.6 Å². The molecule has 1 unspecified atom stereocenters. The van der Waals surface area contributed by atoms with Gasteiger partial charge in [-0.05, 0) is 31.7 Å². The van der Waals surface area contributed by atoms with Crippen molar-refractivity contribution in [2.75, 3.05) is 14.1 Å². The van der Waals surface area contributed by atoms with Gasteiger partial charge in [0.15, 0.2) is 0 Å². The second-order valence-electron chi connectivity index (χ2n) is 3.22. The lowest BCUT2D eigenvalue weighted by molar-refractivity contribution is 0.203. The quantitative estimate of drug-likeness (QED) is 0.794. The fourth-order valence-electron chi connectivity index (χ4n) is 1.17. The highest BCUT2D eigenvalue weighted by Crippen LogP contribution is 2.18. The van der Waals surface area contributed by atoms with Crippen molar-refractivity contribution in [3.8, 4) is 5.75 Å². The van der Waals surface area contributed by atoms with E-state index in [1.54, 1.807) is 6.07 Å². The normalized spacial score (nSPS) is 11.9. The Morgan fingerprint density at radius 2 is 2.13 bits per heavy atom. The molecule has 1 aromatic rings. The van der Waals surface area contributed by atoms with Crippen LogP contribution < -0.4 is 15.4 Å². The fraction of sp³-hybridized carbons (Fsp3) is 0.364. The Kier molecular flexibility index (Phi) is 4.12. The zero-order valence-corrected chi connectivity index (χ0v) is 9.20. The summed E-state index contributed by atoms with van der Waals surface area (Å²) in [5.74, 6) is 0.550. The minimum Gasteiger partial charge on any atom is -0.410 e. The highest BCUT2D eigenvalue weighted by atomic mass is 16.5. The maximum atomic E-state index is 11.0. The van der Waals surface area contributed by atoms with Crippen LogP contribution in [0.3, 0.4) is 0 Å². The highest BCUT2D eigenvalue weighted by molar-refractivity contribution is 5.69. The summed E-state index contributed by atoms with van der Waals surface area (Å²) in [7, 11) is 3.42. The van der Waals surface area contributed by atoms with Crippen LogP contribution in [-0.4, -0.2) is 20.2 Å². The Morgan fingerprint density at radius 3 is 2.73 bits per heavy atom. The van der Waals surface area contributed by atoms with Crippen molar-refractivity contribution >= 4 is 6.09 Å². The van der Waals surface area contributed by atoms with Crippen molar-refractivity contribution in [2.45, 2.75) is 13.0 Å². The smallest absolute Gasteiger partial charge is 0.410 e. The van der Waals surface area contributed by atoms with Crippen molar-refractivity contribution in [1.82, 2.24) is 10.6 Å². The summed E-state index contributed by atoms with van der Waals surface area (Å²) in [5, 5.41) is 5.52. The first-order valence-corrected chi connectivity index (χ1v) is 4.84.